The molecule has 2 rings (SSSR count). The lowest BCUT2D eigenvalue weighted by atomic mass is 10.2. The first-order valence-electron chi connectivity index (χ1n) is 7.43. The molecule has 2 aromatic rings. The third-order valence-electron chi connectivity index (χ3n) is 3.38. The maximum Gasteiger partial charge on any atom is 0.350 e. The number of esters is 1. The number of carbonyl (C=O) groups is 2. The second kappa shape index (κ2) is 8.60. The molecule has 0 saturated heterocycles. The van der Waals surface area contributed by atoms with Crippen molar-refractivity contribution in [2.24, 2.45) is 0 Å². The summed E-state index contributed by atoms with van der Waals surface area (Å²) in [6.07, 6.45) is 0.231. The summed E-state index contributed by atoms with van der Waals surface area (Å²) in [4.78, 5) is 30.1. The van der Waals surface area contributed by atoms with Crippen LogP contribution < -0.4 is 0 Å². The molecule has 130 valence electrons. The van der Waals surface area contributed by atoms with E-state index < -0.39 is 5.97 Å². The van der Waals surface area contributed by atoms with Gasteiger partial charge >= 0.3 is 5.97 Å². The van der Waals surface area contributed by atoms with Crippen molar-refractivity contribution in [3.63, 3.8) is 0 Å². The van der Waals surface area contributed by atoms with Crippen molar-refractivity contribution in [3.8, 4) is 16.6 Å². The monoisotopic (exact) mass is 377 g/mol. The molecule has 0 unspecified atom stereocenters. The maximum atomic E-state index is 12.2. The number of likely N-dealkylation sites (N-methyl/N-ethyl adjacent to an activating group) is 1. The number of amides is 1. The number of thiazole rings is 1. The Morgan fingerprint density at radius 1 is 1.36 bits per heavy atom. The van der Waals surface area contributed by atoms with Gasteiger partial charge in [0.1, 0.15) is 9.88 Å². The quantitative estimate of drug-likeness (QED) is 0.721. The zero-order valence-electron chi connectivity index (χ0n) is 13.8. The standard InChI is InChI=1S/C17H16ClN3O3S/c1-11-15(17(23)24-10-14(22)21(2)9-3-8-19)25-16(20-11)12-4-6-13(18)7-5-12/h4-7H,3,9-10H2,1-2H3. The largest absolute Gasteiger partial charge is 0.451 e. The highest BCUT2D eigenvalue weighted by Gasteiger charge is 2.19. The van der Waals surface area contributed by atoms with Crippen molar-refractivity contribution in [2.75, 3.05) is 20.2 Å². The molecule has 25 heavy (non-hydrogen) atoms. The summed E-state index contributed by atoms with van der Waals surface area (Å²) in [6, 6.07) is 9.11. The minimum atomic E-state index is -0.586. The lowest BCUT2D eigenvalue weighted by Gasteiger charge is -2.14. The van der Waals surface area contributed by atoms with Crippen LogP contribution in [-0.4, -0.2) is 42.0 Å². The predicted molar refractivity (Wildman–Crippen MR) is 95.4 cm³/mol. The van der Waals surface area contributed by atoms with E-state index in [9.17, 15) is 9.59 Å². The van der Waals surface area contributed by atoms with Crippen LogP contribution in [0.25, 0.3) is 10.6 Å². The highest BCUT2D eigenvalue weighted by Crippen LogP contribution is 2.29. The average Bonchev–Trinajstić information content (AvgIpc) is 2.99. The highest BCUT2D eigenvalue weighted by atomic mass is 35.5. The summed E-state index contributed by atoms with van der Waals surface area (Å²) < 4.78 is 5.08. The second-order valence-electron chi connectivity index (χ2n) is 5.24. The van der Waals surface area contributed by atoms with Crippen molar-refractivity contribution in [2.45, 2.75) is 13.3 Å². The number of nitrogens with zero attached hydrogens (tertiary/aromatic N) is 3. The van der Waals surface area contributed by atoms with E-state index in [0.29, 0.717) is 27.1 Å². The smallest absolute Gasteiger partial charge is 0.350 e. The minimum Gasteiger partial charge on any atom is -0.451 e. The fourth-order valence-electron chi connectivity index (χ4n) is 1.95. The van der Waals surface area contributed by atoms with Gasteiger partial charge < -0.3 is 9.64 Å². The van der Waals surface area contributed by atoms with Crippen LogP contribution >= 0.6 is 22.9 Å². The number of nitriles is 1. The number of halogens is 1. The molecule has 0 radical (unpaired) electrons. The van der Waals surface area contributed by atoms with Gasteiger partial charge in [-0.25, -0.2) is 9.78 Å². The van der Waals surface area contributed by atoms with E-state index in [1.807, 2.05) is 18.2 Å². The lowest BCUT2D eigenvalue weighted by Crippen LogP contribution is -2.31. The Morgan fingerprint density at radius 2 is 2.04 bits per heavy atom. The predicted octanol–water partition coefficient (Wildman–Crippen LogP) is 3.30. The van der Waals surface area contributed by atoms with Gasteiger partial charge in [0.25, 0.3) is 5.91 Å². The molecule has 0 N–H and O–H groups in total. The number of rotatable bonds is 6. The van der Waals surface area contributed by atoms with Crippen LogP contribution in [0.1, 0.15) is 21.8 Å². The van der Waals surface area contributed by atoms with Crippen molar-refractivity contribution in [3.05, 3.63) is 39.9 Å². The molecule has 0 aliphatic rings. The molecule has 0 atom stereocenters. The van der Waals surface area contributed by atoms with E-state index in [-0.39, 0.29) is 18.9 Å². The third-order valence-corrected chi connectivity index (χ3v) is 4.82. The topological polar surface area (TPSA) is 83.3 Å². The van der Waals surface area contributed by atoms with Gasteiger partial charge in [-0.15, -0.1) is 11.3 Å². The lowest BCUT2D eigenvalue weighted by molar-refractivity contribution is -0.133. The fraction of sp³-hybridized carbons (Fsp3) is 0.294. The first kappa shape index (κ1) is 18.9. The van der Waals surface area contributed by atoms with Crippen LogP contribution in [0, 0.1) is 18.3 Å². The number of aromatic nitrogens is 1. The van der Waals surface area contributed by atoms with Gasteiger partial charge in [0.2, 0.25) is 0 Å². The molecule has 6 nitrogen and oxygen atoms in total. The summed E-state index contributed by atoms with van der Waals surface area (Å²) >= 11 is 7.07. The number of aryl methyl sites for hydroxylation is 1. The molecule has 0 spiro atoms. The molecule has 0 aliphatic carbocycles. The van der Waals surface area contributed by atoms with Gasteiger partial charge in [0.15, 0.2) is 6.61 Å². The van der Waals surface area contributed by atoms with Crippen molar-refractivity contribution in [1.82, 2.24) is 9.88 Å². The molecule has 1 amide bonds. The van der Waals surface area contributed by atoms with Crippen molar-refractivity contribution < 1.29 is 14.3 Å². The van der Waals surface area contributed by atoms with Crippen LogP contribution in [0.3, 0.4) is 0 Å². The number of ether oxygens (including phenoxy) is 1. The first-order valence-corrected chi connectivity index (χ1v) is 8.63. The summed E-state index contributed by atoms with van der Waals surface area (Å²) in [7, 11) is 1.56. The molecule has 1 aromatic heterocycles. The van der Waals surface area contributed by atoms with Gasteiger partial charge in [0.05, 0.1) is 18.2 Å². The normalized spacial score (nSPS) is 10.2. The second-order valence-corrected chi connectivity index (χ2v) is 6.68. The van der Waals surface area contributed by atoms with Crippen molar-refractivity contribution >= 4 is 34.8 Å². The molecule has 0 saturated carbocycles. The number of benzene rings is 1. The van der Waals surface area contributed by atoms with Gasteiger partial charge in [-0.3, -0.25) is 4.79 Å². The Hall–Kier alpha value is -2.43. The molecule has 0 fully saturated rings. The Balaban J connectivity index is 2.02. The van der Waals surface area contributed by atoms with Gasteiger partial charge in [-0.2, -0.15) is 5.26 Å². The molecule has 0 bridgehead atoms. The van der Waals surface area contributed by atoms with Crippen molar-refractivity contribution in [1.29, 1.82) is 5.26 Å². The Bertz CT molecular complexity index is 812. The SMILES string of the molecule is Cc1nc(-c2ccc(Cl)cc2)sc1C(=O)OCC(=O)N(C)CCC#N. The Kier molecular flexibility index (Phi) is 6.51. The fourth-order valence-corrected chi connectivity index (χ4v) is 3.04. The van der Waals surface area contributed by atoms with E-state index >= 15 is 0 Å². The molecule has 0 aliphatic heterocycles. The zero-order chi connectivity index (χ0) is 18.4. The number of hydrogen-bond donors (Lipinski definition) is 0. The van der Waals surface area contributed by atoms with E-state index in [1.165, 1.54) is 16.2 Å². The molecule has 8 heteroatoms. The molecule has 1 heterocycles. The van der Waals surface area contributed by atoms with Gasteiger partial charge in [-0.1, -0.05) is 23.7 Å². The van der Waals surface area contributed by atoms with Crippen LogP contribution in [-0.2, 0) is 9.53 Å². The maximum absolute atomic E-state index is 12.2. The molecular weight excluding hydrogens is 362 g/mol. The third kappa shape index (κ3) is 5.02. The van der Waals surface area contributed by atoms with E-state index in [2.05, 4.69) is 4.98 Å². The van der Waals surface area contributed by atoms with Crippen LogP contribution in [0.15, 0.2) is 24.3 Å². The average molecular weight is 378 g/mol. The van der Waals surface area contributed by atoms with Crippen LogP contribution in [0.5, 0.6) is 0 Å². The van der Waals surface area contributed by atoms with E-state index in [1.54, 1.807) is 26.1 Å². The van der Waals surface area contributed by atoms with E-state index in [0.717, 1.165) is 5.56 Å². The van der Waals surface area contributed by atoms with Gasteiger partial charge in [0, 0.05) is 24.2 Å². The Labute approximate surface area is 154 Å². The molecule has 1 aromatic carbocycles. The highest BCUT2D eigenvalue weighted by molar-refractivity contribution is 7.17. The van der Waals surface area contributed by atoms with Crippen LogP contribution in [0.2, 0.25) is 5.02 Å². The minimum absolute atomic E-state index is 0.231. The summed E-state index contributed by atoms with van der Waals surface area (Å²) in [5, 5.41) is 9.82. The summed E-state index contributed by atoms with van der Waals surface area (Å²) in [5.41, 5.74) is 1.40. The molecular formula is C17H16ClN3O3S. The first-order chi connectivity index (χ1) is 11.9. The Morgan fingerprint density at radius 3 is 2.68 bits per heavy atom. The summed E-state index contributed by atoms with van der Waals surface area (Å²) in [6.45, 7) is 1.65. The number of carbonyl (C=O) groups excluding carboxylic acids is 2. The van der Waals surface area contributed by atoms with Gasteiger partial charge in [-0.05, 0) is 19.1 Å². The van der Waals surface area contributed by atoms with E-state index in [4.69, 9.17) is 21.6 Å². The zero-order valence-corrected chi connectivity index (χ0v) is 15.4. The van der Waals surface area contributed by atoms with Crippen LogP contribution in [0.4, 0.5) is 0 Å². The number of hydrogen-bond acceptors (Lipinski definition) is 6. The summed E-state index contributed by atoms with van der Waals surface area (Å²) in [5.74, 6) is -0.944.